The van der Waals surface area contributed by atoms with E-state index in [1.54, 1.807) is 0 Å². The third-order valence-corrected chi connectivity index (χ3v) is 14.7. The van der Waals surface area contributed by atoms with Gasteiger partial charge in [0.25, 0.3) is 0 Å². The van der Waals surface area contributed by atoms with E-state index in [0.29, 0.717) is 0 Å². The summed E-state index contributed by atoms with van der Waals surface area (Å²) in [6.45, 7) is 4.69. The molecule has 2 aromatic heterocycles. The van der Waals surface area contributed by atoms with Gasteiger partial charge in [-0.05, 0) is 145 Å². The van der Waals surface area contributed by atoms with Crippen LogP contribution in [0.2, 0.25) is 0 Å². The lowest BCUT2D eigenvalue weighted by Crippen LogP contribution is -2.14. The van der Waals surface area contributed by atoms with Crippen molar-refractivity contribution < 1.29 is 8.83 Å². The fourth-order valence-corrected chi connectivity index (χ4v) is 11.1. The number of fused-ring (bicyclic) bond motifs is 13. The van der Waals surface area contributed by atoms with Crippen molar-refractivity contribution in [3.63, 3.8) is 0 Å². The minimum Gasteiger partial charge on any atom is -0.455 e. The van der Waals surface area contributed by atoms with E-state index in [1.165, 1.54) is 44.2 Å². The quantitative estimate of drug-likeness (QED) is 0.167. The average molecular weight is 870 g/mol. The van der Waals surface area contributed by atoms with Crippen molar-refractivity contribution in [3.05, 3.63) is 236 Å². The number of furan rings is 2. The Balaban J connectivity index is 0.833. The Labute approximate surface area is 393 Å². The predicted molar refractivity (Wildman–Crippen MR) is 285 cm³/mol. The molecule has 13 aromatic rings. The predicted octanol–water partition coefficient (Wildman–Crippen LogP) is 18.6. The van der Waals surface area contributed by atoms with Crippen molar-refractivity contribution >= 4 is 82.5 Å². The number of rotatable bonds is 6. The van der Waals surface area contributed by atoms with E-state index in [0.717, 1.165) is 94.0 Å². The van der Waals surface area contributed by atoms with Crippen molar-refractivity contribution in [2.75, 3.05) is 4.90 Å². The molecule has 0 bridgehead atoms. The topological polar surface area (TPSA) is 29.5 Å². The first-order valence-corrected chi connectivity index (χ1v) is 23.5. The fourth-order valence-electron chi connectivity index (χ4n) is 11.1. The minimum absolute atomic E-state index is 0.0586. The molecule has 68 heavy (non-hydrogen) atoms. The fraction of sp³-hybridized carbons (Fsp3) is 0.0462. The molecule has 0 unspecified atom stereocenters. The van der Waals surface area contributed by atoms with E-state index in [9.17, 15) is 0 Å². The highest BCUT2D eigenvalue weighted by molar-refractivity contribution is 6.17. The van der Waals surface area contributed by atoms with Crippen LogP contribution in [0.5, 0.6) is 0 Å². The van der Waals surface area contributed by atoms with Crippen molar-refractivity contribution in [2.24, 2.45) is 0 Å². The third-order valence-electron chi connectivity index (χ3n) is 14.7. The number of hydrogen-bond acceptors (Lipinski definition) is 3. The minimum atomic E-state index is -0.0586. The van der Waals surface area contributed by atoms with Gasteiger partial charge < -0.3 is 13.7 Å². The van der Waals surface area contributed by atoms with Crippen LogP contribution in [0.4, 0.5) is 17.1 Å². The molecule has 1 aliphatic rings. The first kappa shape index (κ1) is 38.6. The zero-order valence-electron chi connectivity index (χ0n) is 37.6. The summed E-state index contributed by atoms with van der Waals surface area (Å²) in [7, 11) is 0. The van der Waals surface area contributed by atoms with E-state index in [-0.39, 0.29) is 5.41 Å². The van der Waals surface area contributed by atoms with Gasteiger partial charge in [-0.25, -0.2) is 0 Å². The molecule has 0 aliphatic heterocycles. The monoisotopic (exact) mass is 869 g/mol. The van der Waals surface area contributed by atoms with E-state index >= 15 is 0 Å². The summed E-state index contributed by atoms with van der Waals surface area (Å²) in [4.78, 5) is 2.36. The van der Waals surface area contributed by atoms with E-state index in [4.69, 9.17) is 8.83 Å². The molecule has 0 radical (unpaired) electrons. The Morgan fingerprint density at radius 1 is 0.309 bits per heavy atom. The van der Waals surface area contributed by atoms with Crippen molar-refractivity contribution in [1.82, 2.24) is 0 Å². The molecular weight excluding hydrogens is 827 g/mol. The van der Waals surface area contributed by atoms with Gasteiger partial charge in [0.05, 0.1) is 0 Å². The zero-order valence-corrected chi connectivity index (χ0v) is 37.6. The lowest BCUT2D eigenvalue weighted by Gasteiger charge is -2.26. The van der Waals surface area contributed by atoms with Gasteiger partial charge in [-0.1, -0.05) is 159 Å². The molecule has 0 N–H and O–H groups in total. The van der Waals surface area contributed by atoms with Gasteiger partial charge in [-0.3, -0.25) is 0 Å². The molecule has 0 amide bonds. The highest BCUT2D eigenvalue weighted by atomic mass is 16.3. The maximum absolute atomic E-state index is 6.46. The Morgan fingerprint density at radius 2 is 0.721 bits per heavy atom. The molecule has 11 aromatic carbocycles. The second-order valence-corrected chi connectivity index (χ2v) is 18.9. The van der Waals surface area contributed by atoms with Crippen LogP contribution in [0.15, 0.2) is 233 Å². The molecular formula is C65H43NO2. The zero-order chi connectivity index (χ0) is 45.1. The lowest BCUT2D eigenvalue weighted by molar-refractivity contribution is 0.660. The van der Waals surface area contributed by atoms with Crippen LogP contribution in [0, 0.1) is 0 Å². The van der Waals surface area contributed by atoms with Crippen molar-refractivity contribution in [3.8, 4) is 44.5 Å². The van der Waals surface area contributed by atoms with E-state index in [2.05, 4.69) is 243 Å². The van der Waals surface area contributed by atoms with Crippen LogP contribution in [0.3, 0.4) is 0 Å². The summed E-state index contributed by atoms with van der Waals surface area (Å²) in [5.41, 5.74) is 19.3. The SMILES string of the molecule is CC1(C)c2ccccc2-c2ccc(-c3ccc(N(c4ccc(-c5ccc6oc7c8ccccc8ccc7c6c5)cc4)c4ccc(-c5ccc6oc7c8ccccc8ccc7c6c5)cc4)cc3)cc21. The summed E-state index contributed by atoms with van der Waals surface area (Å²) >= 11 is 0. The summed E-state index contributed by atoms with van der Waals surface area (Å²) in [6.07, 6.45) is 0. The van der Waals surface area contributed by atoms with Crippen molar-refractivity contribution in [1.29, 1.82) is 0 Å². The second-order valence-electron chi connectivity index (χ2n) is 18.9. The summed E-state index contributed by atoms with van der Waals surface area (Å²) in [5, 5.41) is 9.15. The largest absolute Gasteiger partial charge is 0.455 e. The molecule has 320 valence electrons. The molecule has 14 rings (SSSR count). The highest BCUT2D eigenvalue weighted by Gasteiger charge is 2.35. The second kappa shape index (κ2) is 14.7. The van der Waals surface area contributed by atoms with Gasteiger partial charge in [0.2, 0.25) is 0 Å². The summed E-state index contributed by atoms with van der Waals surface area (Å²) in [6, 6.07) is 81.5. The molecule has 2 heterocycles. The standard InChI is InChI=1S/C65H43NO2/c1-65(2)59-14-8-7-13-53(59)54-32-23-47(39-60(54)65)42-19-30-50(31-20-42)66(48-26-15-40(16-27-48)45-24-35-61-57(37-45)55-33-21-43-9-3-5-11-51(43)63(55)67-61)49-28-17-41(18-29-49)46-25-36-62-58(38-46)56-34-22-44-10-4-6-12-52(44)64(56)68-62/h3-39H,1-2H3. The van der Waals surface area contributed by atoms with Crippen LogP contribution < -0.4 is 4.90 Å². The first-order valence-electron chi connectivity index (χ1n) is 23.5. The van der Waals surface area contributed by atoms with Crippen LogP contribution in [-0.4, -0.2) is 0 Å². The van der Waals surface area contributed by atoms with E-state index in [1.807, 2.05) is 0 Å². The first-order chi connectivity index (χ1) is 33.4. The highest BCUT2D eigenvalue weighted by Crippen LogP contribution is 2.50. The Morgan fingerprint density at radius 3 is 1.24 bits per heavy atom. The Bertz CT molecular complexity index is 3950. The number of anilines is 3. The maximum atomic E-state index is 6.46. The van der Waals surface area contributed by atoms with Gasteiger partial charge in [-0.15, -0.1) is 0 Å². The molecule has 0 saturated carbocycles. The van der Waals surface area contributed by atoms with Gasteiger partial charge in [0.15, 0.2) is 0 Å². The molecule has 3 nitrogen and oxygen atoms in total. The van der Waals surface area contributed by atoms with Crippen LogP contribution in [0.25, 0.3) is 110 Å². The Hall–Kier alpha value is -8.66. The Kier molecular flexibility index (Phi) is 8.33. The van der Waals surface area contributed by atoms with Gasteiger partial charge in [0, 0.05) is 54.8 Å². The third kappa shape index (κ3) is 5.92. The number of hydrogen-bond donors (Lipinski definition) is 0. The number of nitrogens with zero attached hydrogens (tertiary/aromatic N) is 1. The van der Waals surface area contributed by atoms with E-state index < -0.39 is 0 Å². The average Bonchev–Trinajstić information content (AvgIpc) is 4.04. The summed E-state index contributed by atoms with van der Waals surface area (Å²) in [5.74, 6) is 0. The van der Waals surface area contributed by atoms with Crippen LogP contribution >= 0.6 is 0 Å². The molecule has 3 heteroatoms. The summed E-state index contributed by atoms with van der Waals surface area (Å²) < 4.78 is 12.9. The lowest BCUT2D eigenvalue weighted by atomic mass is 9.81. The smallest absolute Gasteiger partial charge is 0.143 e. The van der Waals surface area contributed by atoms with Gasteiger partial charge in [0.1, 0.15) is 22.3 Å². The van der Waals surface area contributed by atoms with Crippen molar-refractivity contribution in [2.45, 2.75) is 19.3 Å². The van der Waals surface area contributed by atoms with Gasteiger partial charge >= 0.3 is 0 Å². The normalized spacial score (nSPS) is 13.0. The molecule has 0 fully saturated rings. The van der Waals surface area contributed by atoms with Crippen LogP contribution in [-0.2, 0) is 5.41 Å². The molecule has 0 saturated heterocycles. The van der Waals surface area contributed by atoms with Gasteiger partial charge in [-0.2, -0.15) is 0 Å². The molecule has 1 aliphatic carbocycles. The maximum Gasteiger partial charge on any atom is 0.143 e. The van der Waals surface area contributed by atoms with Crippen LogP contribution in [0.1, 0.15) is 25.0 Å². The molecule has 0 atom stereocenters. The number of benzene rings is 11. The molecule has 0 spiro atoms.